The van der Waals surface area contributed by atoms with Gasteiger partial charge in [-0.2, -0.15) is 10.2 Å². The van der Waals surface area contributed by atoms with E-state index < -0.39 is 0 Å². The molecule has 0 aliphatic rings. The van der Waals surface area contributed by atoms with Crippen LogP contribution in [-0.2, 0) is 19.9 Å². The number of H-pyrrole nitrogens is 1. The number of aromatic amines is 1. The van der Waals surface area contributed by atoms with Gasteiger partial charge >= 0.3 is 0 Å². The molecule has 0 saturated carbocycles. The first kappa shape index (κ1) is 10.9. The van der Waals surface area contributed by atoms with E-state index in [1.807, 2.05) is 24.1 Å². The molecule has 2 rings (SSSR count). The summed E-state index contributed by atoms with van der Waals surface area (Å²) in [4.78, 5) is 0. The average Bonchev–Trinajstić information content (AvgIpc) is 2.81. The molecule has 16 heavy (non-hydrogen) atoms. The second kappa shape index (κ2) is 4.49. The summed E-state index contributed by atoms with van der Waals surface area (Å²) >= 11 is 0. The van der Waals surface area contributed by atoms with Gasteiger partial charge in [-0.05, 0) is 24.6 Å². The van der Waals surface area contributed by atoms with Gasteiger partial charge in [0.1, 0.15) is 0 Å². The minimum Gasteiger partial charge on any atom is -0.330 e. The lowest BCUT2D eigenvalue weighted by molar-refractivity contribution is 0.721. The molecule has 86 valence electrons. The minimum atomic E-state index is 0.638. The van der Waals surface area contributed by atoms with Crippen molar-refractivity contribution in [1.82, 2.24) is 20.0 Å². The van der Waals surface area contributed by atoms with E-state index >= 15 is 0 Å². The van der Waals surface area contributed by atoms with E-state index in [0.29, 0.717) is 6.54 Å². The maximum absolute atomic E-state index is 5.56. The van der Waals surface area contributed by atoms with E-state index in [0.717, 1.165) is 18.5 Å². The van der Waals surface area contributed by atoms with Crippen LogP contribution in [0.15, 0.2) is 12.4 Å². The molecule has 0 fully saturated rings. The lowest BCUT2D eigenvalue weighted by atomic mass is 10.1. The SMILES string of the molecule is Cc1cnn(C)c1Cc1cn[nH]c1CCN. The Labute approximate surface area is 94.7 Å². The zero-order valence-corrected chi connectivity index (χ0v) is 9.70. The first-order valence-corrected chi connectivity index (χ1v) is 5.41. The number of nitrogens with two attached hydrogens (primary N) is 1. The number of nitrogens with zero attached hydrogens (tertiary/aromatic N) is 3. The van der Waals surface area contributed by atoms with Gasteiger partial charge in [-0.25, -0.2) is 0 Å². The van der Waals surface area contributed by atoms with Crippen molar-refractivity contribution in [1.29, 1.82) is 0 Å². The van der Waals surface area contributed by atoms with E-state index in [4.69, 9.17) is 5.73 Å². The average molecular weight is 219 g/mol. The predicted octanol–water partition coefficient (Wildman–Crippen LogP) is 0.544. The lowest BCUT2D eigenvalue weighted by Gasteiger charge is -2.04. The normalized spacial score (nSPS) is 10.9. The molecule has 5 nitrogen and oxygen atoms in total. The van der Waals surface area contributed by atoms with Gasteiger partial charge in [0.15, 0.2) is 0 Å². The predicted molar refractivity (Wildman–Crippen MR) is 62.1 cm³/mol. The maximum atomic E-state index is 5.56. The Bertz CT molecular complexity index is 449. The summed E-state index contributed by atoms with van der Waals surface area (Å²) in [6.07, 6.45) is 5.45. The maximum Gasteiger partial charge on any atom is 0.0526 e. The van der Waals surface area contributed by atoms with Gasteiger partial charge in [-0.15, -0.1) is 0 Å². The summed E-state index contributed by atoms with van der Waals surface area (Å²) in [7, 11) is 1.96. The van der Waals surface area contributed by atoms with Crippen molar-refractivity contribution in [2.24, 2.45) is 12.8 Å². The highest BCUT2D eigenvalue weighted by Gasteiger charge is 2.10. The van der Waals surface area contributed by atoms with Gasteiger partial charge < -0.3 is 5.73 Å². The van der Waals surface area contributed by atoms with Crippen LogP contribution in [0.3, 0.4) is 0 Å². The molecule has 0 saturated heterocycles. The van der Waals surface area contributed by atoms with Crippen LogP contribution in [0.1, 0.15) is 22.5 Å². The second-order valence-corrected chi connectivity index (χ2v) is 3.99. The molecule has 0 atom stereocenters. The van der Waals surface area contributed by atoms with Gasteiger partial charge in [0.25, 0.3) is 0 Å². The van der Waals surface area contributed by atoms with Crippen LogP contribution in [0.5, 0.6) is 0 Å². The van der Waals surface area contributed by atoms with E-state index in [1.54, 1.807) is 0 Å². The van der Waals surface area contributed by atoms with Crippen LogP contribution in [0.25, 0.3) is 0 Å². The van der Waals surface area contributed by atoms with E-state index in [9.17, 15) is 0 Å². The smallest absolute Gasteiger partial charge is 0.0526 e. The fraction of sp³-hybridized carbons (Fsp3) is 0.455. The monoisotopic (exact) mass is 219 g/mol. The molecule has 2 heterocycles. The van der Waals surface area contributed by atoms with Crippen LogP contribution in [-0.4, -0.2) is 26.5 Å². The molecule has 2 aromatic rings. The Hall–Kier alpha value is -1.62. The van der Waals surface area contributed by atoms with Crippen molar-refractivity contribution in [3.63, 3.8) is 0 Å². The molecule has 3 N–H and O–H groups in total. The van der Waals surface area contributed by atoms with Crippen molar-refractivity contribution < 1.29 is 0 Å². The number of nitrogens with one attached hydrogen (secondary N) is 1. The molecule has 0 amide bonds. The standard InChI is InChI=1S/C11H17N5/c1-8-6-14-16(2)11(8)5-9-7-13-15-10(9)3-4-12/h6-7H,3-5,12H2,1-2H3,(H,13,15). The fourth-order valence-electron chi connectivity index (χ4n) is 1.86. The number of hydrogen-bond donors (Lipinski definition) is 2. The van der Waals surface area contributed by atoms with Gasteiger partial charge in [0.05, 0.1) is 12.4 Å². The van der Waals surface area contributed by atoms with Crippen LogP contribution in [0.4, 0.5) is 0 Å². The van der Waals surface area contributed by atoms with Crippen LogP contribution in [0.2, 0.25) is 0 Å². The highest BCUT2D eigenvalue weighted by atomic mass is 15.3. The van der Waals surface area contributed by atoms with Crippen LogP contribution < -0.4 is 5.73 Å². The summed E-state index contributed by atoms with van der Waals surface area (Å²) in [6, 6.07) is 0. The third-order valence-electron chi connectivity index (χ3n) is 2.83. The number of hydrogen-bond acceptors (Lipinski definition) is 3. The third-order valence-corrected chi connectivity index (χ3v) is 2.83. The molecule has 2 aromatic heterocycles. The molecule has 0 spiro atoms. The zero-order valence-electron chi connectivity index (χ0n) is 9.70. The van der Waals surface area contributed by atoms with Crippen molar-refractivity contribution >= 4 is 0 Å². The van der Waals surface area contributed by atoms with E-state index in [-0.39, 0.29) is 0 Å². The molecule has 0 aliphatic carbocycles. The molecule has 0 bridgehead atoms. The van der Waals surface area contributed by atoms with Gasteiger partial charge in [0.2, 0.25) is 0 Å². The van der Waals surface area contributed by atoms with E-state index in [1.165, 1.54) is 16.8 Å². The van der Waals surface area contributed by atoms with Crippen LogP contribution in [0, 0.1) is 6.92 Å². The summed E-state index contributed by atoms with van der Waals surface area (Å²) < 4.78 is 1.91. The first-order chi connectivity index (χ1) is 7.72. The van der Waals surface area contributed by atoms with Crippen molar-refractivity contribution in [3.8, 4) is 0 Å². The highest BCUT2D eigenvalue weighted by molar-refractivity contribution is 5.27. The van der Waals surface area contributed by atoms with Crippen molar-refractivity contribution in [2.45, 2.75) is 19.8 Å². The number of aromatic nitrogens is 4. The molecular formula is C11H17N5. The quantitative estimate of drug-likeness (QED) is 0.788. The summed E-state index contributed by atoms with van der Waals surface area (Å²) in [5, 5.41) is 11.3. The Kier molecular flexibility index (Phi) is 3.05. The topological polar surface area (TPSA) is 72.5 Å². The molecule has 5 heteroatoms. The highest BCUT2D eigenvalue weighted by Crippen LogP contribution is 2.14. The fourth-order valence-corrected chi connectivity index (χ4v) is 1.86. The molecule has 0 unspecified atom stereocenters. The Morgan fingerprint density at radius 1 is 1.44 bits per heavy atom. The Morgan fingerprint density at radius 3 is 2.88 bits per heavy atom. The number of rotatable bonds is 4. The second-order valence-electron chi connectivity index (χ2n) is 3.99. The summed E-state index contributed by atoms with van der Waals surface area (Å²) in [5.74, 6) is 0. The summed E-state index contributed by atoms with van der Waals surface area (Å²) in [5.41, 5.74) is 10.3. The third kappa shape index (κ3) is 1.99. The van der Waals surface area contributed by atoms with Gasteiger partial charge in [0, 0.05) is 31.3 Å². The van der Waals surface area contributed by atoms with Crippen LogP contribution >= 0.6 is 0 Å². The number of aryl methyl sites for hydroxylation is 2. The van der Waals surface area contributed by atoms with Gasteiger partial charge in [-0.1, -0.05) is 0 Å². The Balaban J connectivity index is 2.23. The molecule has 0 aromatic carbocycles. The molecule has 0 radical (unpaired) electrons. The largest absolute Gasteiger partial charge is 0.330 e. The van der Waals surface area contributed by atoms with Crippen molar-refractivity contribution in [2.75, 3.05) is 6.54 Å². The Morgan fingerprint density at radius 2 is 2.25 bits per heavy atom. The zero-order chi connectivity index (χ0) is 11.5. The summed E-state index contributed by atoms with van der Waals surface area (Å²) in [6.45, 7) is 2.71. The van der Waals surface area contributed by atoms with E-state index in [2.05, 4.69) is 22.2 Å². The molecule has 0 aliphatic heterocycles. The lowest BCUT2D eigenvalue weighted by Crippen LogP contribution is -2.07. The van der Waals surface area contributed by atoms with Crippen molar-refractivity contribution in [3.05, 3.63) is 34.9 Å². The molecular weight excluding hydrogens is 202 g/mol. The van der Waals surface area contributed by atoms with Gasteiger partial charge in [-0.3, -0.25) is 9.78 Å². The first-order valence-electron chi connectivity index (χ1n) is 5.41. The minimum absolute atomic E-state index is 0.638.